The van der Waals surface area contributed by atoms with Crippen LogP contribution in [0.25, 0.3) is 0 Å². The van der Waals surface area contributed by atoms with E-state index in [1.165, 1.54) is 23.1 Å². The number of carbonyl (C=O) groups is 2. The fraction of sp³-hybridized carbons (Fsp3) is 0.250. The summed E-state index contributed by atoms with van der Waals surface area (Å²) in [6.45, 7) is 2.34. The molecule has 11 heteroatoms. The highest BCUT2D eigenvalue weighted by Gasteiger charge is 2.43. The molecule has 2 aromatic rings. The Hall–Kier alpha value is -3.28. The maximum Gasteiger partial charge on any atom is 0.264 e. The van der Waals surface area contributed by atoms with Crippen molar-refractivity contribution in [2.45, 2.75) is 24.1 Å². The molecule has 2 aliphatic rings. The van der Waals surface area contributed by atoms with Gasteiger partial charge in [0.1, 0.15) is 10.7 Å². The molecule has 0 bridgehead atoms. The van der Waals surface area contributed by atoms with Gasteiger partial charge in [0.25, 0.3) is 5.91 Å². The Bertz CT molecular complexity index is 1180. The van der Waals surface area contributed by atoms with Crippen LogP contribution in [0.2, 0.25) is 0 Å². The zero-order valence-electron chi connectivity index (χ0n) is 16.6. The number of nitrogens with zero attached hydrogens (tertiary/aromatic N) is 1. The molecule has 1 amide bonds. The van der Waals surface area contributed by atoms with E-state index >= 15 is 0 Å². The Labute approximate surface area is 178 Å². The highest BCUT2D eigenvalue weighted by molar-refractivity contribution is 7.89. The molecule has 31 heavy (non-hydrogen) atoms. The minimum Gasteiger partial charge on any atom is -0.384 e. The SMILES string of the molecule is Cc1ccc(N2CCO[C@H](C(=O)C3Nc4ccc(C(=N)N)cc4S(=O)(=O)N3)C2=O)cc1. The number of anilines is 2. The topological polar surface area (TPSA) is 155 Å². The number of hydrogen-bond acceptors (Lipinski definition) is 7. The average molecular weight is 443 g/mol. The summed E-state index contributed by atoms with van der Waals surface area (Å²) in [5.74, 6) is -1.58. The molecule has 2 heterocycles. The van der Waals surface area contributed by atoms with E-state index in [1.807, 2.05) is 19.1 Å². The first-order valence-corrected chi connectivity index (χ1v) is 11.0. The number of amides is 1. The van der Waals surface area contributed by atoms with Gasteiger partial charge in [0.15, 0.2) is 12.3 Å². The number of amidine groups is 1. The zero-order chi connectivity index (χ0) is 22.3. The van der Waals surface area contributed by atoms with E-state index in [0.29, 0.717) is 5.69 Å². The molecule has 0 aromatic heterocycles. The first kappa shape index (κ1) is 21.0. The number of fused-ring (bicyclic) bond motifs is 1. The molecule has 1 fully saturated rings. The summed E-state index contributed by atoms with van der Waals surface area (Å²) < 4.78 is 33.1. The van der Waals surface area contributed by atoms with Crippen LogP contribution in [0.15, 0.2) is 47.4 Å². The van der Waals surface area contributed by atoms with Crippen molar-refractivity contribution in [2.75, 3.05) is 23.4 Å². The predicted molar refractivity (Wildman–Crippen MR) is 113 cm³/mol. The summed E-state index contributed by atoms with van der Waals surface area (Å²) in [4.78, 5) is 27.3. The monoisotopic (exact) mass is 443 g/mol. The predicted octanol–water partition coefficient (Wildman–Crippen LogP) is 0.310. The van der Waals surface area contributed by atoms with E-state index in [0.717, 1.165) is 5.56 Å². The molecule has 1 unspecified atom stereocenters. The molecule has 2 atom stereocenters. The van der Waals surface area contributed by atoms with Crippen LogP contribution in [-0.2, 0) is 24.3 Å². The fourth-order valence-corrected chi connectivity index (χ4v) is 4.80. The van der Waals surface area contributed by atoms with Gasteiger partial charge in [-0.25, -0.2) is 8.42 Å². The second-order valence-electron chi connectivity index (χ2n) is 7.30. The lowest BCUT2D eigenvalue weighted by atomic mass is 10.1. The van der Waals surface area contributed by atoms with Crippen LogP contribution < -0.4 is 20.7 Å². The van der Waals surface area contributed by atoms with Crippen LogP contribution in [0.3, 0.4) is 0 Å². The number of nitrogens with one attached hydrogen (secondary N) is 3. The van der Waals surface area contributed by atoms with Crippen molar-refractivity contribution < 1.29 is 22.7 Å². The van der Waals surface area contributed by atoms with Crippen molar-refractivity contribution in [3.05, 3.63) is 53.6 Å². The highest BCUT2D eigenvalue weighted by atomic mass is 32.2. The number of sulfonamides is 1. The van der Waals surface area contributed by atoms with Crippen LogP contribution in [-0.4, -0.2) is 51.4 Å². The summed E-state index contributed by atoms with van der Waals surface area (Å²) >= 11 is 0. The van der Waals surface area contributed by atoms with Gasteiger partial charge in [-0.2, -0.15) is 4.72 Å². The molecule has 0 saturated carbocycles. The molecule has 5 N–H and O–H groups in total. The van der Waals surface area contributed by atoms with Crippen LogP contribution in [0, 0.1) is 12.3 Å². The van der Waals surface area contributed by atoms with Crippen molar-refractivity contribution in [1.29, 1.82) is 5.41 Å². The van der Waals surface area contributed by atoms with E-state index in [-0.39, 0.29) is 35.1 Å². The Balaban J connectivity index is 1.59. The third-order valence-electron chi connectivity index (χ3n) is 5.13. The van der Waals surface area contributed by atoms with Crippen molar-refractivity contribution in [3.63, 3.8) is 0 Å². The zero-order valence-corrected chi connectivity index (χ0v) is 17.4. The Kier molecular flexibility index (Phi) is 5.25. The number of Topliss-reactive ketones (excluding diaryl/α,β-unsaturated/α-hetero) is 1. The number of ether oxygens (including phenoxy) is 1. The lowest BCUT2D eigenvalue weighted by Crippen LogP contribution is -2.59. The first-order valence-electron chi connectivity index (χ1n) is 9.48. The number of rotatable bonds is 4. The molecule has 1 saturated heterocycles. The second-order valence-corrected chi connectivity index (χ2v) is 8.98. The number of aryl methyl sites for hydroxylation is 1. The van der Waals surface area contributed by atoms with Crippen molar-refractivity contribution >= 4 is 38.9 Å². The van der Waals surface area contributed by atoms with Gasteiger partial charge < -0.3 is 20.7 Å². The van der Waals surface area contributed by atoms with Gasteiger partial charge in [-0.05, 0) is 37.3 Å². The van der Waals surface area contributed by atoms with E-state index in [2.05, 4.69) is 10.0 Å². The number of ketones is 1. The number of nitrogen functional groups attached to an aromatic ring is 1. The fourth-order valence-electron chi connectivity index (χ4n) is 3.49. The van der Waals surface area contributed by atoms with E-state index < -0.39 is 34.0 Å². The Morgan fingerprint density at radius 2 is 1.94 bits per heavy atom. The largest absolute Gasteiger partial charge is 0.384 e. The molecule has 0 radical (unpaired) electrons. The smallest absolute Gasteiger partial charge is 0.264 e. The van der Waals surface area contributed by atoms with Crippen molar-refractivity contribution in [1.82, 2.24) is 4.72 Å². The van der Waals surface area contributed by atoms with Crippen LogP contribution in [0.4, 0.5) is 11.4 Å². The van der Waals surface area contributed by atoms with Gasteiger partial charge in [-0.1, -0.05) is 17.7 Å². The number of benzene rings is 2. The van der Waals surface area contributed by atoms with E-state index in [9.17, 15) is 18.0 Å². The lowest BCUT2D eigenvalue weighted by Gasteiger charge is -2.34. The van der Waals surface area contributed by atoms with Crippen LogP contribution >= 0.6 is 0 Å². The molecule has 10 nitrogen and oxygen atoms in total. The minimum absolute atomic E-state index is 0.133. The Morgan fingerprint density at radius 3 is 2.61 bits per heavy atom. The summed E-state index contributed by atoms with van der Waals surface area (Å²) in [6, 6.07) is 11.4. The minimum atomic E-state index is -4.08. The van der Waals surface area contributed by atoms with Gasteiger partial charge in [-0.15, -0.1) is 0 Å². The summed E-state index contributed by atoms with van der Waals surface area (Å²) in [5, 5.41) is 10.3. The average Bonchev–Trinajstić information content (AvgIpc) is 2.73. The van der Waals surface area contributed by atoms with Gasteiger partial charge in [0, 0.05) is 17.8 Å². The van der Waals surface area contributed by atoms with Crippen LogP contribution in [0.1, 0.15) is 11.1 Å². The molecule has 162 valence electrons. The summed E-state index contributed by atoms with van der Waals surface area (Å²) in [6.07, 6.45) is -2.83. The molecule has 0 aliphatic carbocycles. The molecular weight excluding hydrogens is 422 g/mol. The third-order valence-corrected chi connectivity index (χ3v) is 6.60. The standard InChI is InChI=1S/C20H21N5O5S/c1-11-2-5-13(6-3-11)25-8-9-30-17(20(25)27)16(26)19-23-14-7-4-12(18(21)22)10-15(14)31(28,29)24-19/h2-7,10,17,19,23-24H,8-9H2,1H3,(H3,21,22)/t17-,19?/m1/s1. The second kappa shape index (κ2) is 7.76. The van der Waals surface area contributed by atoms with Crippen LogP contribution in [0.5, 0.6) is 0 Å². The summed E-state index contributed by atoms with van der Waals surface area (Å²) in [5.41, 5.74) is 7.49. The van der Waals surface area contributed by atoms with Gasteiger partial charge in [-0.3, -0.25) is 15.0 Å². The molecule has 2 aliphatic heterocycles. The highest BCUT2D eigenvalue weighted by Crippen LogP contribution is 2.28. The quantitative estimate of drug-likeness (QED) is 0.301. The lowest BCUT2D eigenvalue weighted by molar-refractivity contribution is -0.146. The van der Waals surface area contributed by atoms with Crippen molar-refractivity contribution in [2.24, 2.45) is 5.73 Å². The maximum atomic E-state index is 13.1. The van der Waals surface area contributed by atoms with E-state index in [1.54, 1.807) is 12.1 Å². The van der Waals surface area contributed by atoms with Crippen molar-refractivity contribution in [3.8, 4) is 0 Å². The van der Waals surface area contributed by atoms with Gasteiger partial charge in [0.2, 0.25) is 15.8 Å². The number of carbonyl (C=O) groups excluding carboxylic acids is 2. The van der Waals surface area contributed by atoms with E-state index in [4.69, 9.17) is 15.9 Å². The third kappa shape index (κ3) is 3.90. The molecule has 4 rings (SSSR count). The Morgan fingerprint density at radius 1 is 1.23 bits per heavy atom. The van der Waals surface area contributed by atoms with Gasteiger partial charge >= 0.3 is 0 Å². The molecular formula is C20H21N5O5S. The number of morpholine rings is 1. The first-order chi connectivity index (χ1) is 14.7. The maximum absolute atomic E-state index is 13.1. The summed E-state index contributed by atoms with van der Waals surface area (Å²) in [7, 11) is -4.08. The number of nitrogens with two attached hydrogens (primary N) is 1. The normalized spacial score (nSPS) is 22.4. The molecule has 0 spiro atoms. The van der Waals surface area contributed by atoms with Gasteiger partial charge in [0.05, 0.1) is 12.3 Å². The molecule has 2 aromatic carbocycles. The number of hydrogen-bond donors (Lipinski definition) is 4.